The summed E-state index contributed by atoms with van der Waals surface area (Å²) in [6.07, 6.45) is -0.742. The third-order valence-corrected chi connectivity index (χ3v) is 4.50. The van der Waals surface area contributed by atoms with Crippen LogP contribution in [0.25, 0.3) is 0 Å². The van der Waals surface area contributed by atoms with Gasteiger partial charge in [0.05, 0.1) is 15.1 Å². The number of ether oxygens (including phenoxy) is 1. The summed E-state index contributed by atoms with van der Waals surface area (Å²) < 4.78 is 6.64. The van der Waals surface area contributed by atoms with E-state index in [1.165, 1.54) is 12.1 Å². The molecule has 0 saturated heterocycles. The van der Waals surface area contributed by atoms with E-state index in [0.717, 1.165) is 3.57 Å². The minimum absolute atomic E-state index is 0.289. The highest BCUT2D eigenvalue weighted by molar-refractivity contribution is 14.1. The third-order valence-electron chi connectivity index (χ3n) is 2.76. The molecule has 2 rings (SSSR count). The lowest BCUT2D eigenvalue weighted by molar-refractivity contribution is -0.122. The van der Waals surface area contributed by atoms with Crippen molar-refractivity contribution in [2.45, 2.75) is 13.0 Å². The standard InChI is InChI=1S/C15H11Cl3INO2/c1-8(15(21)20-10-4-2-9(19)3-5-10)22-14-7-12(17)11(16)6-13(14)18/h2-8H,1H3,(H,20,21)/t8-/m1/s1. The Morgan fingerprint density at radius 1 is 1.09 bits per heavy atom. The summed E-state index contributed by atoms with van der Waals surface area (Å²) in [6.45, 7) is 1.63. The van der Waals surface area contributed by atoms with Gasteiger partial charge in [-0.1, -0.05) is 34.8 Å². The van der Waals surface area contributed by atoms with Gasteiger partial charge in [-0.2, -0.15) is 0 Å². The molecule has 0 aliphatic rings. The number of benzene rings is 2. The normalized spacial score (nSPS) is 11.9. The van der Waals surface area contributed by atoms with Crippen LogP contribution in [0.2, 0.25) is 15.1 Å². The van der Waals surface area contributed by atoms with Gasteiger partial charge in [-0.3, -0.25) is 4.79 Å². The molecule has 1 amide bonds. The summed E-state index contributed by atoms with van der Waals surface area (Å²) in [6, 6.07) is 10.4. The molecule has 0 radical (unpaired) electrons. The van der Waals surface area contributed by atoms with E-state index in [1.807, 2.05) is 24.3 Å². The van der Waals surface area contributed by atoms with Crippen molar-refractivity contribution in [1.29, 1.82) is 0 Å². The number of carbonyl (C=O) groups excluding carboxylic acids is 1. The van der Waals surface area contributed by atoms with Gasteiger partial charge in [0.15, 0.2) is 6.10 Å². The molecule has 1 N–H and O–H groups in total. The summed E-state index contributed by atoms with van der Waals surface area (Å²) in [5.74, 6) is 0.0182. The zero-order valence-electron chi connectivity index (χ0n) is 11.4. The van der Waals surface area contributed by atoms with Crippen molar-refractivity contribution in [2.24, 2.45) is 0 Å². The zero-order valence-corrected chi connectivity index (χ0v) is 15.8. The molecule has 0 unspecified atom stereocenters. The van der Waals surface area contributed by atoms with E-state index in [2.05, 4.69) is 27.9 Å². The number of amides is 1. The lowest BCUT2D eigenvalue weighted by atomic mass is 10.3. The fourth-order valence-corrected chi connectivity index (χ4v) is 2.56. The molecule has 0 fully saturated rings. The topological polar surface area (TPSA) is 38.3 Å². The van der Waals surface area contributed by atoms with Gasteiger partial charge >= 0.3 is 0 Å². The predicted molar refractivity (Wildman–Crippen MR) is 99.4 cm³/mol. The van der Waals surface area contributed by atoms with E-state index in [0.29, 0.717) is 26.5 Å². The zero-order chi connectivity index (χ0) is 16.3. The molecule has 116 valence electrons. The Morgan fingerprint density at radius 2 is 1.68 bits per heavy atom. The summed E-state index contributed by atoms with van der Waals surface area (Å²) >= 11 is 20.0. The SMILES string of the molecule is C[C@@H](Oc1cc(Cl)c(Cl)cc1Cl)C(=O)Nc1ccc(I)cc1. The molecule has 0 bridgehead atoms. The maximum atomic E-state index is 12.1. The average molecular weight is 471 g/mol. The highest BCUT2D eigenvalue weighted by Crippen LogP contribution is 2.34. The van der Waals surface area contributed by atoms with E-state index in [-0.39, 0.29) is 5.91 Å². The van der Waals surface area contributed by atoms with Gasteiger partial charge in [0.25, 0.3) is 5.91 Å². The predicted octanol–water partition coefficient (Wildman–Crippen LogP) is 5.66. The highest BCUT2D eigenvalue weighted by Gasteiger charge is 2.17. The molecule has 22 heavy (non-hydrogen) atoms. The fourth-order valence-electron chi connectivity index (χ4n) is 1.62. The van der Waals surface area contributed by atoms with Crippen LogP contribution in [0.1, 0.15) is 6.92 Å². The van der Waals surface area contributed by atoms with Gasteiger partial charge in [0.1, 0.15) is 5.75 Å². The maximum absolute atomic E-state index is 12.1. The number of halogens is 4. The second-order valence-electron chi connectivity index (χ2n) is 4.45. The van der Waals surface area contributed by atoms with Gasteiger partial charge in [-0.05, 0) is 59.8 Å². The van der Waals surface area contributed by atoms with Crippen LogP contribution in [0, 0.1) is 3.57 Å². The van der Waals surface area contributed by atoms with Gasteiger partial charge in [0.2, 0.25) is 0 Å². The number of hydrogen-bond acceptors (Lipinski definition) is 2. The van der Waals surface area contributed by atoms with Crippen molar-refractivity contribution in [1.82, 2.24) is 0 Å². The minimum atomic E-state index is -0.742. The van der Waals surface area contributed by atoms with E-state index < -0.39 is 6.10 Å². The largest absolute Gasteiger partial charge is 0.479 e. The first kappa shape index (κ1) is 17.7. The molecule has 0 spiro atoms. The number of carbonyl (C=O) groups is 1. The first-order valence-electron chi connectivity index (χ1n) is 6.24. The van der Waals surface area contributed by atoms with Gasteiger partial charge < -0.3 is 10.1 Å². The number of hydrogen-bond donors (Lipinski definition) is 1. The summed E-state index contributed by atoms with van der Waals surface area (Å²) in [7, 11) is 0. The van der Waals surface area contributed by atoms with Crippen LogP contribution in [0.15, 0.2) is 36.4 Å². The molecule has 0 aliphatic heterocycles. The average Bonchev–Trinajstić information content (AvgIpc) is 2.47. The quantitative estimate of drug-likeness (QED) is 0.463. The Bertz CT molecular complexity index is 692. The van der Waals surface area contributed by atoms with Gasteiger partial charge in [-0.15, -0.1) is 0 Å². The lowest BCUT2D eigenvalue weighted by Crippen LogP contribution is -2.30. The summed E-state index contributed by atoms with van der Waals surface area (Å²) in [4.78, 5) is 12.1. The van der Waals surface area contributed by atoms with Crippen LogP contribution in [-0.4, -0.2) is 12.0 Å². The minimum Gasteiger partial charge on any atom is -0.479 e. The third kappa shape index (κ3) is 4.65. The van der Waals surface area contributed by atoms with E-state index in [4.69, 9.17) is 39.5 Å². The van der Waals surface area contributed by atoms with Gasteiger partial charge in [-0.25, -0.2) is 0 Å². The Labute approximate surface area is 157 Å². The van der Waals surface area contributed by atoms with Gasteiger partial charge in [0, 0.05) is 15.3 Å². The number of nitrogens with one attached hydrogen (secondary N) is 1. The summed E-state index contributed by atoms with van der Waals surface area (Å²) in [5, 5.41) is 3.70. The van der Waals surface area contributed by atoms with Crippen LogP contribution < -0.4 is 10.1 Å². The molecule has 2 aromatic carbocycles. The monoisotopic (exact) mass is 469 g/mol. The van der Waals surface area contributed by atoms with Crippen LogP contribution in [0.4, 0.5) is 5.69 Å². The van der Waals surface area contributed by atoms with Crippen LogP contribution in [0.3, 0.4) is 0 Å². The Kier molecular flexibility index (Phi) is 6.20. The Morgan fingerprint density at radius 3 is 2.32 bits per heavy atom. The van der Waals surface area contributed by atoms with E-state index in [9.17, 15) is 4.79 Å². The van der Waals surface area contributed by atoms with Crippen molar-refractivity contribution in [2.75, 3.05) is 5.32 Å². The highest BCUT2D eigenvalue weighted by atomic mass is 127. The Balaban J connectivity index is 2.05. The Hall–Kier alpha value is -0.690. The van der Waals surface area contributed by atoms with Crippen molar-refractivity contribution < 1.29 is 9.53 Å². The second kappa shape index (κ2) is 7.73. The fraction of sp³-hybridized carbons (Fsp3) is 0.133. The molecule has 3 nitrogen and oxygen atoms in total. The van der Waals surface area contributed by atoms with Crippen molar-refractivity contribution in [3.63, 3.8) is 0 Å². The number of rotatable bonds is 4. The van der Waals surface area contributed by atoms with Crippen LogP contribution >= 0.6 is 57.4 Å². The van der Waals surface area contributed by atoms with Crippen molar-refractivity contribution >= 4 is 69.0 Å². The molecule has 2 aromatic rings. The number of anilines is 1. The lowest BCUT2D eigenvalue weighted by Gasteiger charge is -2.16. The maximum Gasteiger partial charge on any atom is 0.265 e. The first-order chi connectivity index (χ1) is 10.4. The van der Waals surface area contributed by atoms with E-state index in [1.54, 1.807) is 6.92 Å². The van der Waals surface area contributed by atoms with Crippen LogP contribution in [-0.2, 0) is 4.79 Å². The molecule has 0 aromatic heterocycles. The molecular weight excluding hydrogens is 459 g/mol. The molecule has 0 heterocycles. The molecule has 7 heteroatoms. The second-order valence-corrected chi connectivity index (χ2v) is 6.92. The smallest absolute Gasteiger partial charge is 0.265 e. The molecule has 0 saturated carbocycles. The van der Waals surface area contributed by atoms with E-state index >= 15 is 0 Å². The molecule has 0 aliphatic carbocycles. The molecular formula is C15H11Cl3INO2. The van der Waals surface area contributed by atoms with Crippen LogP contribution in [0.5, 0.6) is 5.75 Å². The summed E-state index contributed by atoms with van der Waals surface area (Å²) in [5.41, 5.74) is 0.695. The molecule has 1 atom stereocenters. The first-order valence-corrected chi connectivity index (χ1v) is 8.45. The van der Waals surface area contributed by atoms with Crippen molar-refractivity contribution in [3.8, 4) is 5.75 Å². The van der Waals surface area contributed by atoms with Crippen molar-refractivity contribution in [3.05, 3.63) is 55.0 Å².